The van der Waals surface area contributed by atoms with Crippen molar-refractivity contribution in [2.24, 2.45) is 5.41 Å². The third kappa shape index (κ3) is 3.62. The molecule has 5 nitrogen and oxygen atoms in total. The number of nitriles is 1. The maximum absolute atomic E-state index is 12.1. The summed E-state index contributed by atoms with van der Waals surface area (Å²) in [6.07, 6.45) is 7.02. The lowest BCUT2D eigenvalue weighted by Crippen LogP contribution is -2.51. The molecule has 0 aliphatic carbocycles. The summed E-state index contributed by atoms with van der Waals surface area (Å²) < 4.78 is 5.41. The minimum absolute atomic E-state index is 0.00304. The summed E-state index contributed by atoms with van der Waals surface area (Å²) in [5.41, 5.74) is 0.203. The van der Waals surface area contributed by atoms with E-state index in [0.29, 0.717) is 25.9 Å². The van der Waals surface area contributed by atoms with Crippen LogP contribution in [0.4, 0.5) is 4.79 Å². The quantitative estimate of drug-likeness (QED) is 0.809. The predicted octanol–water partition coefficient (Wildman–Crippen LogP) is 2.96. The zero-order valence-corrected chi connectivity index (χ0v) is 13.8. The molecule has 1 fully saturated rings. The van der Waals surface area contributed by atoms with Crippen molar-refractivity contribution in [3.63, 3.8) is 0 Å². The van der Waals surface area contributed by atoms with Crippen LogP contribution in [0.5, 0.6) is 0 Å². The summed E-state index contributed by atoms with van der Waals surface area (Å²) in [7, 11) is 0. The fraction of sp³-hybridized carbons (Fsp3) is 0.647. The van der Waals surface area contributed by atoms with Gasteiger partial charge in [-0.25, -0.2) is 4.79 Å². The van der Waals surface area contributed by atoms with Crippen molar-refractivity contribution in [3.8, 4) is 6.07 Å². The van der Waals surface area contributed by atoms with Crippen LogP contribution in [-0.4, -0.2) is 35.7 Å². The van der Waals surface area contributed by atoms with Crippen LogP contribution in [-0.2, 0) is 4.74 Å². The smallest absolute Gasteiger partial charge is 0.410 e. The molecule has 1 N–H and O–H groups in total. The summed E-state index contributed by atoms with van der Waals surface area (Å²) in [5.74, 6) is 0. The van der Waals surface area contributed by atoms with Gasteiger partial charge >= 0.3 is 6.09 Å². The van der Waals surface area contributed by atoms with Gasteiger partial charge in [0, 0.05) is 13.1 Å². The number of allylic oxidation sites excluding steroid dienone is 2. The Bertz CT molecular complexity index is 529. The molecule has 2 aliphatic heterocycles. The van der Waals surface area contributed by atoms with Gasteiger partial charge < -0.3 is 15.0 Å². The second-order valence-corrected chi connectivity index (χ2v) is 7.12. The summed E-state index contributed by atoms with van der Waals surface area (Å²) in [6.45, 7) is 8.72. The number of amides is 1. The Labute approximate surface area is 132 Å². The third-order valence-electron chi connectivity index (χ3n) is 4.18. The highest BCUT2D eigenvalue weighted by Gasteiger charge is 2.42. The molecule has 22 heavy (non-hydrogen) atoms. The van der Waals surface area contributed by atoms with Gasteiger partial charge in [0.05, 0.1) is 17.5 Å². The normalized spacial score (nSPS) is 24.0. The first-order valence-electron chi connectivity index (χ1n) is 7.76. The van der Waals surface area contributed by atoms with Crippen LogP contribution in [0.2, 0.25) is 0 Å². The van der Waals surface area contributed by atoms with E-state index in [0.717, 1.165) is 5.57 Å². The Morgan fingerprint density at radius 2 is 2.09 bits per heavy atom. The van der Waals surface area contributed by atoms with E-state index in [2.05, 4.69) is 17.5 Å². The zero-order chi connectivity index (χ0) is 16.4. The van der Waals surface area contributed by atoms with E-state index in [9.17, 15) is 10.1 Å². The van der Waals surface area contributed by atoms with Crippen molar-refractivity contribution >= 4 is 6.09 Å². The van der Waals surface area contributed by atoms with Crippen LogP contribution in [0, 0.1) is 16.7 Å². The Kier molecular flexibility index (Phi) is 4.50. The lowest BCUT2D eigenvalue weighted by atomic mass is 9.72. The van der Waals surface area contributed by atoms with E-state index in [1.807, 2.05) is 40.0 Å². The molecule has 5 heteroatoms. The zero-order valence-electron chi connectivity index (χ0n) is 13.8. The molecular weight excluding hydrogens is 278 g/mol. The molecule has 1 saturated heterocycles. The molecule has 0 aromatic rings. The Hall–Kier alpha value is -1.96. The number of rotatable bonds is 1. The first-order valence-corrected chi connectivity index (χ1v) is 7.76. The second-order valence-electron chi connectivity index (χ2n) is 7.12. The molecular formula is C17H25N3O2. The van der Waals surface area contributed by atoms with Gasteiger partial charge in [0.1, 0.15) is 5.60 Å². The number of carbonyl (C=O) groups excluding carboxylic acids is 1. The van der Waals surface area contributed by atoms with Gasteiger partial charge in [0.15, 0.2) is 0 Å². The maximum atomic E-state index is 12.1. The molecule has 1 amide bonds. The molecule has 2 rings (SSSR count). The number of nitrogens with one attached hydrogen (secondary N) is 1. The van der Waals surface area contributed by atoms with Crippen molar-refractivity contribution in [1.29, 1.82) is 5.26 Å². The monoisotopic (exact) mass is 303 g/mol. The molecule has 0 bridgehead atoms. The number of nitrogens with zero attached hydrogens (tertiary/aromatic N) is 2. The molecule has 1 atom stereocenters. The van der Waals surface area contributed by atoms with Crippen molar-refractivity contribution < 1.29 is 9.53 Å². The first-order chi connectivity index (χ1) is 10.3. The molecule has 0 spiro atoms. The molecule has 0 radical (unpaired) electrons. The average molecular weight is 303 g/mol. The Morgan fingerprint density at radius 1 is 1.45 bits per heavy atom. The number of carbonyl (C=O) groups is 1. The standard InChI is InChI=1S/C17H25N3O2/c1-13-5-8-19-14(11-13)17(12-18)6-9-20(10-7-17)15(21)22-16(2,3)4/h5,8,11,14,19H,6-7,9-10H2,1-4H3. The number of hydrogen-bond donors (Lipinski definition) is 1. The number of piperidine rings is 1. The van der Waals surface area contributed by atoms with Gasteiger partial charge in [-0.05, 0) is 52.8 Å². The van der Waals surface area contributed by atoms with Crippen molar-refractivity contribution in [2.45, 2.75) is 52.2 Å². The summed E-state index contributed by atoms with van der Waals surface area (Å²) >= 11 is 0. The van der Waals surface area contributed by atoms with Crippen LogP contribution in [0.25, 0.3) is 0 Å². The minimum atomic E-state index is -0.490. The van der Waals surface area contributed by atoms with Gasteiger partial charge in [-0.1, -0.05) is 11.6 Å². The Morgan fingerprint density at radius 3 is 2.59 bits per heavy atom. The van der Waals surface area contributed by atoms with E-state index in [-0.39, 0.29) is 12.1 Å². The lowest BCUT2D eigenvalue weighted by Gasteiger charge is -2.42. The summed E-state index contributed by atoms with van der Waals surface area (Å²) in [6, 6.07) is 2.50. The van der Waals surface area contributed by atoms with Crippen molar-refractivity contribution in [1.82, 2.24) is 10.2 Å². The fourth-order valence-electron chi connectivity index (χ4n) is 2.88. The molecule has 120 valence electrons. The summed E-state index contributed by atoms with van der Waals surface area (Å²) in [4.78, 5) is 13.8. The van der Waals surface area contributed by atoms with E-state index in [4.69, 9.17) is 4.74 Å². The Balaban J connectivity index is 2.02. The molecule has 0 saturated carbocycles. The number of ether oxygens (including phenoxy) is 1. The van der Waals surface area contributed by atoms with Crippen LogP contribution >= 0.6 is 0 Å². The molecule has 1 unspecified atom stereocenters. The lowest BCUT2D eigenvalue weighted by molar-refractivity contribution is 0.0134. The first kappa shape index (κ1) is 16.4. The molecule has 0 aromatic heterocycles. The largest absolute Gasteiger partial charge is 0.444 e. The maximum Gasteiger partial charge on any atom is 0.410 e. The van der Waals surface area contributed by atoms with Crippen LogP contribution < -0.4 is 5.32 Å². The topological polar surface area (TPSA) is 65.4 Å². The van der Waals surface area contributed by atoms with Gasteiger partial charge in [-0.15, -0.1) is 0 Å². The highest BCUT2D eigenvalue weighted by atomic mass is 16.6. The van der Waals surface area contributed by atoms with Gasteiger partial charge in [0.2, 0.25) is 0 Å². The van der Waals surface area contributed by atoms with E-state index < -0.39 is 11.0 Å². The van der Waals surface area contributed by atoms with Gasteiger partial charge in [-0.2, -0.15) is 5.26 Å². The average Bonchev–Trinajstić information content (AvgIpc) is 2.45. The SMILES string of the molecule is CC1=CC(C2(C#N)CCN(C(=O)OC(C)(C)C)CC2)NC=C1. The van der Waals surface area contributed by atoms with Crippen molar-refractivity contribution in [3.05, 3.63) is 23.9 Å². The fourth-order valence-corrected chi connectivity index (χ4v) is 2.88. The van der Waals surface area contributed by atoms with E-state index in [1.165, 1.54) is 0 Å². The van der Waals surface area contributed by atoms with E-state index in [1.54, 1.807) is 4.90 Å². The van der Waals surface area contributed by atoms with Gasteiger partial charge in [-0.3, -0.25) is 0 Å². The minimum Gasteiger partial charge on any atom is -0.444 e. The molecule has 2 aliphatic rings. The van der Waals surface area contributed by atoms with E-state index >= 15 is 0 Å². The van der Waals surface area contributed by atoms with Crippen molar-refractivity contribution in [2.75, 3.05) is 13.1 Å². The summed E-state index contributed by atoms with van der Waals surface area (Å²) in [5, 5.41) is 13.0. The molecule has 0 aromatic carbocycles. The predicted molar refractivity (Wildman–Crippen MR) is 84.9 cm³/mol. The van der Waals surface area contributed by atoms with Crippen LogP contribution in [0.1, 0.15) is 40.5 Å². The van der Waals surface area contributed by atoms with Crippen LogP contribution in [0.15, 0.2) is 23.9 Å². The van der Waals surface area contributed by atoms with Crippen LogP contribution in [0.3, 0.4) is 0 Å². The third-order valence-corrected chi connectivity index (χ3v) is 4.18. The number of likely N-dealkylation sites (tertiary alicyclic amines) is 1. The van der Waals surface area contributed by atoms with Gasteiger partial charge in [0.25, 0.3) is 0 Å². The highest BCUT2D eigenvalue weighted by Crippen LogP contribution is 2.36. The second kappa shape index (κ2) is 6.04. The highest BCUT2D eigenvalue weighted by molar-refractivity contribution is 5.68. The molecule has 2 heterocycles. The number of dihydropyridines is 1. The number of hydrogen-bond acceptors (Lipinski definition) is 4.